The summed E-state index contributed by atoms with van der Waals surface area (Å²) in [4.78, 5) is 13.4. The molecule has 2 amide bonds. The minimum atomic E-state index is 0.0797. The molecule has 2 rings (SSSR count). The molecule has 1 aliphatic carbocycles. The van der Waals surface area contributed by atoms with Crippen molar-refractivity contribution in [2.75, 3.05) is 19.6 Å². The zero-order valence-corrected chi connectivity index (χ0v) is 9.24. The SMILES string of the molecule is NCCN1CC(C2CCCCC2)NC1=O. The van der Waals surface area contributed by atoms with Gasteiger partial charge in [-0.25, -0.2) is 4.79 Å². The Bertz CT molecular complexity index is 226. The van der Waals surface area contributed by atoms with Crippen LogP contribution in [0.5, 0.6) is 0 Å². The maximum Gasteiger partial charge on any atom is 0.317 e. The summed E-state index contributed by atoms with van der Waals surface area (Å²) in [7, 11) is 0. The molecule has 86 valence electrons. The van der Waals surface area contributed by atoms with E-state index in [4.69, 9.17) is 5.73 Å². The second-order valence-corrected chi connectivity index (χ2v) is 4.69. The van der Waals surface area contributed by atoms with Crippen LogP contribution in [0, 0.1) is 5.92 Å². The van der Waals surface area contributed by atoms with Gasteiger partial charge in [-0.2, -0.15) is 0 Å². The molecular formula is C11H21N3O. The molecule has 0 bridgehead atoms. The molecule has 15 heavy (non-hydrogen) atoms. The van der Waals surface area contributed by atoms with E-state index in [1.807, 2.05) is 4.90 Å². The molecule has 1 unspecified atom stereocenters. The fraction of sp³-hybridized carbons (Fsp3) is 0.909. The molecule has 3 N–H and O–H groups in total. The number of nitrogens with two attached hydrogens (primary N) is 1. The van der Waals surface area contributed by atoms with E-state index in [1.54, 1.807) is 0 Å². The number of carbonyl (C=O) groups is 1. The van der Waals surface area contributed by atoms with Crippen LogP contribution >= 0.6 is 0 Å². The molecule has 0 radical (unpaired) electrons. The number of urea groups is 1. The number of nitrogens with one attached hydrogen (secondary N) is 1. The van der Waals surface area contributed by atoms with Crippen LogP contribution in [-0.4, -0.2) is 36.6 Å². The van der Waals surface area contributed by atoms with Crippen LogP contribution in [0.2, 0.25) is 0 Å². The lowest BCUT2D eigenvalue weighted by Crippen LogP contribution is -2.35. The Morgan fingerprint density at radius 3 is 2.73 bits per heavy atom. The highest BCUT2D eigenvalue weighted by Gasteiger charge is 2.33. The molecule has 0 aromatic heterocycles. The Morgan fingerprint density at radius 1 is 1.33 bits per heavy atom. The van der Waals surface area contributed by atoms with Crippen molar-refractivity contribution in [3.63, 3.8) is 0 Å². The van der Waals surface area contributed by atoms with Gasteiger partial charge in [-0.1, -0.05) is 19.3 Å². The second-order valence-electron chi connectivity index (χ2n) is 4.69. The lowest BCUT2D eigenvalue weighted by atomic mass is 9.84. The van der Waals surface area contributed by atoms with Gasteiger partial charge in [-0.05, 0) is 18.8 Å². The standard InChI is InChI=1S/C11H21N3O/c12-6-7-14-8-10(13-11(14)15)9-4-2-1-3-5-9/h9-10H,1-8,12H2,(H,13,15). The average molecular weight is 211 g/mol. The smallest absolute Gasteiger partial charge is 0.317 e. The topological polar surface area (TPSA) is 58.4 Å². The highest BCUT2D eigenvalue weighted by Crippen LogP contribution is 2.28. The van der Waals surface area contributed by atoms with Crippen LogP contribution in [0.1, 0.15) is 32.1 Å². The van der Waals surface area contributed by atoms with Crippen molar-refractivity contribution in [2.24, 2.45) is 11.7 Å². The van der Waals surface area contributed by atoms with E-state index in [-0.39, 0.29) is 6.03 Å². The Hall–Kier alpha value is -0.770. The van der Waals surface area contributed by atoms with Gasteiger partial charge in [-0.3, -0.25) is 0 Å². The monoisotopic (exact) mass is 211 g/mol. The maximum absolute atomic E-state index is 11.6. The number of rotatable bonds is 3. The number of hydrogen-bond donors (Lipinski definition) is 2. The van der Waals surface area contributed by atoms with Gasteiger partial charge < -0.3 is 16.0 Å². The van der Waals surface area contributed by atoms with Crippen molar-refractivity contribution < 1.29 is 4.79 Å². The summed E-state index contributed by atoms with van der Waals surface area (Å²) in [6.45, 7) is 2.11. The highest BCUT2D eigenvalue weighted by molar-refractivity contribution is 5.76. The summed E-state index contributed by atoms with van der Waals surface area (Å²) in [5.41, 5.74) is 5.47. The lowest BCUT2D eigenvalue weighted by molar-refractivity contribution is 0.218. The Labute approximate surface area is 91.2 Å². The number of carbonyl (C=O) groups excluding carboxylic acids is 1. The van der Waals surface area contributed by atoms with Gasteiger partial charge in [0.1, 0.15) is 0 Å². The van der Waals surface area contributed by atoms with Crippen molar-refractivity contribution >= 4 is 6.03 Å². The Kier molecular flexibility index (Phi) is 3.46. The zero-order chi connectivity index (χ0) is 10.7. The van der Waals surface area contributed by atoms with E-state index in [1.165, 1.54) is 32.1 Å². The summed E-state index contributed by atoms with van der Waals surface area (Å²) in [5, 5.41) is 3.09. The predicted molar refractivity (Wildman–Crippen MR) is 59.5 cm³/mol. The summed E-state index contributed by atoms with van der Waals surface area (Å²) < 4.78 is 0. The minimum Gasteiger partial charge on any atom is -0.333 e. The fourth-order valence-corrected chi connectivity index (χ4v) is 2.77. The first-order valence-corrected chi connectivity index (χ1v) is 6.07. The summed E-state index contributed by atoms with van der Waals surface area (Å²) in [6, 6.07) is 0.459. The molecule has 1 heterocycles. The van der Waals surface area contributed by atoms with Gasteiger partial charge in [0.15, 0.2) is 0 Å². The van der Waals surface area contributed by atoms with Crippen LogP contribution in [0.3, 0.4) is 0 Å². The molecule has 4 heteroatoms. The van der Waals surface area contributed by atoms with Gasteiger partial charge in [0, 0.05) is 19.6 Å². The van der Waals surface area contributed by atoms with Crippen LogP contribution < -0.4 is 11.1 Å². The molecule has 2 fully saturated rings. The van der Waals surface area contributed by atoms with E-state index >= 15 is 0 Å². The average Bonchev–Trinajstić information content (AvgIpc) is 2.63. The van der Waals surface area contributed by atoms with Gasteiger partial charge in [0.25, 0.3) is 0 Å². The number of nitrogens with zero attached hydrogens (tertiary/aromatic N) is 1. The number of amides is 2. The molecule has 1 atom stereocenters. The minimum absolute atomic E-state index is 0.0797. The van der Waals surface area contributed by atoms with Crippen LogP contribution in [0.25, 0.3) is 0 Å². The van der Waals surface area contributed by atoms with E-state index in [9.17, 15) is 4.79 Å². The van der Waals surface area contributed by atoms with Crippen molar-refractivity contribution in [2.45, 2.75) is 38.1 Å². The second kappa shape index (κ2) is 4.84. The predicted octanol–water partition coefficient (Wildman–Crippen LogP) is 0.919. The molecular weight excluding hydrogens is 190 g/mol. The van der Waals surface area contributed by atoms with E-state index in [0.717, 1.165) is 6.54 Å². The largest absolute Gasteiger partial charge is 0.333 e. The molecule has 0 aromatic carbocycles. The van der Waals surface area contributed by atoms with Gasteiger partial charge >= 0.3 is 6.03 Å². The Morgan fingerprint density at radius 2 is 2.07 bits per heavy atom. The summed E-state index contributed by atoms with van der Waals surface area (Å²) in [5.74, 6) is 0.700. The van der Waals surface area contributed by atoms with Crippen molar-refractivity contribution in [1.82, 2.24) is 10.2 Å². The lowest BCUT2D eigenvalue weighted by Gasteiger charge is -2.26. The fourth-order valence-electron chi connectivity index (χ4n) is 2.77. The third kappa shape index (κ3) is 2.43. The Balaban J connectivity index is 1.87. The molecule has 1 saturated heterocycles. The molecule has 4 nitrogen and oxygen atoms in total. The normalized spacial score (nSPS) is 28.2. The first kappa shape index (κ1) is 10.7. The van der Waals surface area contributed by atoms with Gasteiger partial charge in [0.2, 0.25) is 0 Å². The van der Waals surface area contributed by atoms with Gasteiger partial charge in [0.05, 0.1) is 6.04 Å². The molecule has 0 aromatic rings. The third-order valence-electron chi connectivity index (χ3n) is 3.63. The van der Waals surface area contributed by atoms with Crippen molar-refractivity contribution in [3.8, 4) is 0 Å². The zero-order valence-electron chi connectivity index (χ0n) is 9.24. The summed E-state index contributed by atoms with van der Waals surface area (Å²) >= 11 is 0. The number of hydrogen-bond acceptors (Lipinski definition) is 2. The van der Waals surface area contributed by atoms with Crippen LogP contribution in [0.4, 0.5) is 4.79 Å². The summed E-state index contributed by atoms with van der Waals surface area (Å²) in [6.07, 6.45) is 6.58. The van der Waals surface area contributed by atoms with E-state index < -0.39 is 0 Å². The quantitative estimate of drug-likeness (QED) is 0.729. The third-order valence-corrected chi connectivity index (χ3v) is 3.63. The molecule has 1 saturated carbocycles. The molecule has 1 aliphatic heterocycles. The van der Waals surface area contributed by atoms with Crippen LogP contribution in [-0.2, 0) is 0 Å². The highest BCUT2D eigenvalue weighted by atomic mass is 16.2. The molecule has 2 aliphatic rings. The van der Waals surface area contributed by atoms with E-state index in [0.29, 0.717) is 25.0 Å². The molecule has 0 spiro atoms. The maximum atomic E-state index is 11.6. The first-order chi connectivity index (χ1) is 7.31. The first-order valence-electron chi connectivity index (χ1n) is 6.07. The van der Waals surface area contributed by atoms with Crippen molar-refractivity contribution in [3.05, 3.63) is 0 Å². The van der Waals surface area contributed by atoms with Crippen LogP contribution in [0.15, 0.2) is 0 Å². The van der Waals surface area contributed by atoms with Crippen molar-refractivity contribution in [1.29, 1.82) is 0 Å². The van der Waals surface area contributed by atoms with Gasteiger partial charge in [-0.15, -0.1) is 0 Å². The van der Waals surface area contributed by atoms with E-state index in [2.05, 4.69) is 5.32 Å².